The van der Waals surface area contributed by atoms with Crippen LogP contribution < -0.4 is 14.8 Å². The molecule has 2 rings (SSSR count). The number of hydrogen-bond acceptors (Lipinski definition) is 4. The lowest BCUT2D eigenvalue weighted by Crippen LogP contribution is -2.31. The minimum absolute atomic E-state index is 0.0368. The molecule has 0 heterocycles. The van der Waals surface area contributed by atoms with Crippen molar-refractivity contribution in [3.05, 3.63) is 65.2 Å². The predicted octanol–water partition coefficient (Wildman–Crippen LogP) is 2.82. The molecule has 0 aromatic heterocycles. The molecule has 27 heavy (non-hydrogen) atoms. The molecule has 5 nitrogen and oxygen atoms in total. The Balaban J connectivity index is 2.02. The maximum atomic E-state index is 12.2. The zero-order chi connectivity index (χ0) is 19.7. The lowest BCUT2D eigenvalue weighted by molar-refractivity contribution is 0.365. The molecule has 0 atom stereocenters. The lowest BCUT2D eigenvalue weighted by atomic mass is 10.1. The van der Waals surface area contributed by atoms with E-state index in [1.54, 1.807) is 0 Å². The molecule has 0 aliphatic carbocycles. The molecule has 0 aliphatic rings. The Morgan fingerprint density at radius 1 is 1.00 bits per heavy atom. The summed E-state index contributed by atoms with van der Waals surface area (Å²) < 4.78 is 32.7. The molecule has 0 saturated carbocycles. The quantitative estimate of drug-likeness (QED) is 0.616. The molecule has 0 spiro atoms. The Morgan fingerprint density at radius 2 is 1.59 bits per heavy atom. The molecule has 2 N–H and O–H groups in total. The third kappa shape index (κ3) is 7.06. The molecule has 0 fully saturated rings. The number of terminal acetylenes is 1. The summed E-state index contributed by atoms with van der Waals surface area (Å²) in [6.07, 6.45) is 5.25. The largest absolute Gasteiger partial charge is 0.481 e. The molecule has 0 bridgehead atoms. The SMILES string of the molecule is C#CCOc1ccccc1CNCc1ccccc1CS(=O)(=O)NC(C)C. The second kappa shape index (κ2) is 10.1. The predicted molar refractivity (Wildman–Crippen MR) is 109 cm³/mol. The van der Waals surface area contributed by atoms with Gasteiger partial charge in [-0.1, -0.05) is 48.4 Å². The van der Waals surface area contributed by atoms with E-state index in [0.717, 1.165) is 22.4 Å². The Hall–Kier alpha value is -2.33. The van der Waals surface area contributed by atoms with E-state index < -0.39 is 10.0 Å². The third-order valence-electron chi connectivity index (χ3n) is 3.79. The summed E-state index contributed by atoms with van der Waals surface area (Å²) in [5, 5.41) is 3.35. The highest BCUT2D eigenvalue weighted by atomic mass is 32.2. The topological polar surface area (TPSA) is 67.4 Å². The average Bonchev–Trinajstić information content (AvgIpc) is 2.61. The second-order valence-electron chi connectivity index (χ2n) is 6.50. The van der Waals surface area contributed by atoms with Crippen molar-refractivity contribution in [1.82, 2.24) is 10.0 Å². The maximum Gasteiger partial charge on any atom is 0.216 e. The van der Waals surface area contributed by atoms with Gasteiger partial charge >= 0.3 is 0 Å². The number of hydrogen-bond donors (Lipinski definition) is 2. The Labute approximate surface area is 162 Å². The first kappa shape index (κ1) is 21.0. The van der Waals surface area contributed by atoms with Crippen LogP contribution in [0.2, 0.25) is 0 Å². The van der Waals surface area contributed by atoms with Crippen molar-refractivity contribution >= 4 is 10.0 Å². The van der Waals surface area contributed by atoms with Crippen molar-refractivity contribution in [2.45, 2.75) is 38.7 Å². The first-order chi connectivity index (χ1) is 12.9. The molecule has 0 aliphatic heterocycles. The molecule has 0 saturated heterocycles. The summed E-state index contributed by atoms with van der Waals surface area (Å²) in [4.78, 5) is 0. The second-order valence-corrected chi connectivity index (χ2v) is 8.26. The molecular weight excluding hydrogens is 360 g/mol. The minimum Gasteiger partial charge on any atom is -0.481 e. The van der Waals surface area contributed by atoms with Gasteiger partial charge in [0.2, 0.25) is 10.0 Å². The highest BCUT2D eigenvalue weighted by Crippen LogP contribution is 2.18. The monoisotopic (exact) mass is 386 g/mol. The highest BCUT2D eigenvalue weighted by molar-refractivity contribution is 7.88. The van der Waals surface area contributed by atoms with Gasteiger partial charge in [-0.15, -0.1) is 6.42 Å². The van der Waals surface area contributed by atoms with E-state index in [1.807, 2.05) is 62.4 Å². The van der Waals surface area contributed by atoms with E-state index in [2.05, 4.69) is 16.0 Å². The fourth-order valence-corrected chi connectivity index (χ4v) is 4.21. The Kier molecular flexibility index (Phi) is 7.86. The molecule has 0 radical (unpaired) electrons. The zero-order valence-electron chi connectivity index (χ0n) is 15.7. The molecule has 0 amide bonds. The van der Waals surface area contributed by atoms with E-state index in [4.69, 9.17) is 11.2 Å². The van der Waals surface area contributed by atoms with Crippen LogP contribution in [0, 0.1) is 12.3 Å². The van der Waals surface area contributed by atoms with Crippen LogP contribution in [0.4, 0.5) is 0 Å². The molecule has 2 aromatic rings. The summed E-state index contributed by atoms with van der Waals surface area (Å²) >= 11 is 0. The van der Waals surface area contributed by atoms with E-state index in [0.29, 0.717) is 13.1 Å². The Morgan fingerprint density at radius 3 is 2.26 bits per heavy atom. The van der Waals surface area contributed by atoms with Gasteiger partial charge < -0.3 is 10.1 Å². The fourth-order valence-electron chi connectivity index (χ4n) is 2.72. The minimum atomic E-state index is -3.37. The first-order valence-electron chi connectivity index (χ1n) is 8.83. The van der Waals surface area contributed by atoms with Crippen LogP contribution in [0.5, 0.6) is 5.75 Å². The van der Waals surface area contributed by atoms with Crippen molar-refractivity contribution in [3.63, 3.8) is 0 Å². The Bertz CT molecular complexity index is 886. The van der Waals surface area contributed by atoms with Crippen molar-refractivity contribution in [2.24, 2.45) is 0 Å². The van der Waals surface area contributed by atoms with Crippen LogP contribution in [0.15, 0.2) is 48.5 Å². The van der Waals surface area contributed by atoms with E-state index >= 15 is 0 Å². The smallest absolute Gasteiger partial charge is 0.216 e. The van der Waals surface area contributed by atoms with Crippen LogP contribution in [0.1, 0.15) is 30.5 Å². The highest BCUT2D eigenvalue weighted by Gasteiger charge is 2.15. The molecule has 2 aromatic carbocycles. The van der Waals surface area contributed by atoms with Crippen molar-refractivity contribution in [2.75, 3.05) is 6.61 Å². The van der Waals surface area contributed by atoms with Gasteiger partial charge in [0.05, 0.1) is 5.75 Å². The summed E-state index contributed by atoms with van der Waals surface area (Å²) in [5.41, 5.74) is 2.74. The summed E-state index contributed by atoms with van der Waals surface area (Å²) in [6, 6.07) is 15.1. The summed E-state index contributed by atoms with van der Waals surface area (Å²) in [7, 11) is -3.37. The number of nitrogens with one attached hydrogen (secondary N) is 2. The number of benzene rings is 2. The van der Waals surface area contributed by atoms with Gasteiger partial charge in [-0.3, -0.25) is 0 Å². The summed E-state index contributed by atoms with van der Waals surface area (Å²) in [6.45, 7) is 4.99. The van der Waals surface area contributed by atoms with E-state index in [1.165, 1.54) is 0 Å². The van der Waals surface area contributed by atoms with Gasteiger partial charge in [0.1, 0.15) is 12.4 Å². The van der Waals surface area contributed by atoms with Crippen LogP contribution in [-0.4, -0.2) is 21.1 Å². The normalized spacial score (nSPS) is 11.3. The van der Waals surface area contributed by atoms with Gasteiger partial charge in [-0.25, -0.2) is 13.1 Å². The molecule has 0 unspecified atom stereocenters. The maximum absolute atomic E-state index is 12.2. The lowest BCUT2D eigenvalue weighted by Gasteiger charge is -2.14. The average molecular weight is 387 g/mol. The van der Waals surface area contributed by atoms with Gasteiger partial charge in [0.15, 0.2) is 0 Å². The van der Waals surface area contributed by atoms with Crippen LogP contribution in [-0.2, 0) is 28.9 Å². The van der Waals surface area contributed by atoms with E-state index in [9.17, 15) is 8.42 Å². The van der Waals surface area contributed by atoms with Crippen molar-refractivity contribution < 1.29 is 13.2 Å². The number of para-hydroxylation sites is 1. The van der Waals surface area contributed by atoms with Crippen LogP contribution >= 0.6 is 0 Å². The third-order valence-corrected chi connectivity index (χ3v) is 5.32. The van der Waals surface area contributed by atoms with Gasteiger partial charge in [0.25, 0.3) is 0 Å². The molecular formula is C21H26N2O3S. The van der Waals surface area contributed by atoms with Gasteiger partial charge in [-0.2, -0.15) is 0 Å². The number of ether oxygens (including phenoxy) is 1. The van der Waals surface area contributed by atoms with Gasteiger partial charge in [0, 0.05) is 24.7 Å². The first-order valence-corrected chi connectivity index (χ1v) is 10.5. The fraction of sp³-hybridized carbons (Fsp3) is 0.333. The molecule has 144 valence electrons. The van der Waals surface area contributed by atoms with E-state index in [-0.39, 0.29) is 18.4 Å². The number of sulfonamides is 1. The summed E-state index contributed by atoms with van der Waals surface area (Å²) in [5.74, 6) is 3.18. The van der Waals surface area contributed by atoms with Crippen LogP contribution in [0.25, 0.3) is 0 Å². The standard InChI is InChI=1S/C21H26N2O3S/c1-4-13-26-21-12-8-7-10-19(21)15-22-14-18-9-5-6-11-20(18)16-27(24,25)23-17(2)3/h1,5-12,17,22-23H,13-16H2,2-3H3. The number of rotatable bonds is 10. The molecule has 6 heteroatoms. The van der Waals surface area contributed by atoms with Gasteiger partial charge in [-0.05, 0) is 31.0 Å². The zero-order valence-corrected chi connectivity index (χ0v) is 16.6. The van der Waals surface area contributed by atoms with Crippen LogP contribution in [0.3, 0.4) is 0 Å². The van der Waals surface area contributed by atoms with Crippen molar-refractivity contribution in [1.29, 1.82) is 0 Å². The van der Waals surface area contributed by atoms with Crippen molar-refractivity contribution in [3.8, 4) is 18.1 Å².